The van der Waals surface area contributed by atoms with E-state index in [-0.39, 0.29) is 11.1 Å². The quantitative estimate of drug-likeness (QED) is 0.322. The van der Waals surface area contributed by atoms with Crippen molar-refractivity contribution in [1.29, 1.82) is 0 Å². The highest BCUT2D eigenvalue weighted by Gasteiger charge is 2.22. The van der Waals surface area contributed by atoms with Crippen LogP contribution in [0.3, 0.4) is 0 Å². The van der Waals surface area contributed by atoms with Crippen molar-refractivity contribution in [1.82, 2.24) is 0 Å². The van der Waals surface area contributed by atoms with Crippen LogP contribution in [0.4, 0.5) is 15.8 Å². The van der Waals surface area contributed by atoms with Crippen molar-refractivity contribution >= 4 is 40.9 Å². The molecule has 0 aromatic heterocycles. The van der Waals surface area contributed by atoms with Crippen LogP contribution in [0.2, 0.25) is 0 Å². The minimum absolute atomic E-state index is 0.163. The van der Waals surface area contributed by atoms with Crippen LogP contribution in [-0.4, -0.2) is 22.9 Å². The zero-order valence-corrected chi connectivity index (χ0v) is 18.9. The van der Waals surface area contributed by atoms with Crippen molar-refractivity contribution in [2.75, 3.05) is 10.6 Å². The van der Waals surface area contributed by atoms with Gasteiger partial charge >= 0.3 is 5.97 Å². The van der Waals surface area contributed by atoms with Gasteiger partial charge in [0.05, 0.1) is 16.8 Å². The van der Waals surface area contributed by atoms with Gasteiger partial charge in [-0.25, -0.2) is 9.18 Å². The largest absolute Gasteiger partial charge is 0.478 e. The number of carbonyl (C=O) groups is 3. The van der Waals surface area contributed by atoms with Crippen LogP contribution in [0.5, 0.6) is 0 Å². The second-order valence-electron chi connectivity index (χ2n) is 7.79. The van der Waals surface area contributed by atoms with Crippen molar-refractivity contribution in [2.24, 2.45) is 0 Å². The molecule has 2 amide bonds. The van der Waals surface area contributed by atoms with Crippen molar-refractivity contribution in [3.63, 3.8) is 0 Å². The molecular formula is C27H17FN2O4S. The highest BCUT2D eigenvalue weighted by atomic mass is 32.2. The Morgan fingerprint density at radius 3 is 2.49 bits per heavy atom. The third-order valence-corrected chi connectivity index (χ3v) is 6.64. The van der Waals surface area contributed by atoms with Gasteiger partial charge in [-0.1, -0.05) is 42.1 Å². The number of benzene rings is 4. The third kappa shape index (κ3) is 4.51. The zero-order valence-electron chi connectivity index (χ0n) is 18.0. The molecule has 0 aliphatic carbocycles. The summed E-state index contributed by atoms with van der Waals surface area (Å²) in [5.41, 5.74) is 2.84. The van der Waals surface area contributed by atoms with Crippen LogP contribution < -0.4 is 10.6 Å². The molecule has 0 unspecified atom stereocenters. The number of aromatic carboxylic acids is 1. The number of amides is 2. The molecule has 0 saturated heterocycles. The number of carboxylic acids is 1. The minimum Gasteiger partial charge on any atom is -0.478 e. The molecule has 0 saturated carbocycles. The van der Waals surface area contributed by atoms with E-state index in [2.05, 4.69) is 10.6 Å². The van der Waals surface area contributed by atoms with Crippen LogP contribution >= 0.6 is 11.8 Å². The summed E-state index contributed by atoms with van der Waals surface area (Å²) in [6.45, 7) is 0. The number of fused-ring (bicyclic) bond motifs is 2. The number of carboxylic acid groups (broad SMARTS) is 1. The van der Waals surface area contributed by atoms with Gasteiger partial charge in [0.25, 0.3) is 11.8 Å². The van der Waals surface area contributed by atoms with E-state index in [1.54, 1.807) is 66.7 Å². The molecule has 5 rings (SSSR count). The summed E-state index contributed by atoms with van der Waals surface area (Å²) < 4.78 is 13.6. The van der Waals surface area contributed by atoms with Crippen molar-refractivity contribution in [2.45, 2.75) is 9.79 Å². The number of nitrogens with one attached hydrogen (secondary N) is 2. The van der Waals surface area contributed by atoms with Gasteiger partial charge in [0.1, 0.15) is 5.82 Å². The Balaban J connectivity index is 1.40. The summed E-state index contributed by atoms with van der Waals surface area (Å²) in [6.07, 6.45) is 0. The lowest BCUT2D eigenvalue weighted by Crippen LogP contribution is -2.14. The van der Waals surface area contributed by atoms with E-state index in [1.807, 2.05) is 0 Å². The van der Waals surface area contributed by atoms with Gasteiger partial charge < -0.3 is 15.7 Å². The first-order chi connectivity index (χ1) is 16.9. The van der Waals surface area contributed by atoms with Gasteiger partial charge in [-0.2, -0.15) is 0 Å². The van der Waals surface area contributed by atoms with E-state index >= 15 is 0 Å². The predicted molar refractivity (Wildman–Crippen MR) is 132 cm³/mol. The van der Waals surface area contributed by atoms with Crippen molar-refractivity contribution in [3.05, 3.63) is 107 Å². The second-order valence-corrected chi connectivity index (χ2v) is 8.88. The van der Waals surface area contributed by atoms with Gasteiger partial charge in [0, 0.05) is 21.0 Å². The number of anilines is 2. The molecule has 1 aliphatic heterocycles. The minimum atomic E-state index is -1.04. The predicted octanol–water partition coefficient (Wildman–Crippen LogP) is 6.16. The Kier molecular flexibility index (Phi) is 5.80. The molecule has 6 nitrogen and oxygen atoms in total. The molecule has 0 radical (unpaired) electrons. The molecule has 172 valence electrons. The van der Waals surface area contributed by atoms with E-state index in [4.69, 9.17) is 0 Å². The summed E-state index contributed by atoms with van der Waals surface area (Å²) in [5.74, 6) is -2.39. The van der Waals surface area contributed by atoms with Gasteiger partial charge in [0.2, 0.25) is 0 Å². The fourth-order valence-electron chi connectivity index (χ4n) is 3.82. The molecule has 0 bridgehead atoms. The second kappa shape index (κ2) is 9.08. The van der Waals surface area contributed by atoms with Crippen LogP contribution in [0.1, 0.15) is 31.1 Å². The van der Waals surface area contributed by atoms with E-state index in [0.29, 0.717) is 33.0 Å². The maximum Gasteiger partial charge on any atom is 0.336 e. The average Bonchev–Trinajstić information content (AvgIpc) is 2.99. The summed E-state index contributed by atoms with van der Waals surface area (Å²) >= 11 is 1.31. The Bertz CT molecular complexity index is 1520. The molecule has 0 atom stereocenters. The number of halogens is 1. The van der Waals surface area contributed by atoms with E-state index in [9.17, 15) is 23.9 Å². The summed E-state index contributed by atoms with van der Waals surface area (Å²) in [4.78, 5) is 38.5. The maximum atomic E-state index is 13.6. The molecule has 8 heteroatoms. The van der Waals surface area contributed by atoms with E-state index < -0.39 is 23.6 Å². The normalized spacial score (nSPS) is 12.1. The third-order valence-electron chi connectivity index (χ3n) is 5.49. The molecule has 4 aromatic rings. The van der Waals surface area contributed by atoms with E-state index in [0.717, 1.165) is 4.90 Å². The Morgan fingerprint density at radius 2 is 1.66 bits per heavy atom. The Labute approximate surface area is 203 Å². The summed E-state index contributed by atoms with van der Waals surface area (Å²) in [6, 6.07) is 22.5. The average molecular weight is 485 g/mol. The van der Waals surface area contributed by atoms with Crippen LogP contribution in [-0.2, 0) is 0 Å². The summed E-state index contributed by atoms with van der Waals surface area (Å²) in [5, 5.41) is 15.0. The molecule has 1 aliphatic rings. The Hall–Kier alpha value is -4.43. The zero-order chi connectivity index (χ0) is 24.5. The smallest absolute Gasteiger partial charge is 0.336 e. The number of hydrogen-bond acceptors (Lipinski definition) is 4. The molecule has 1 heterocycles. The molecule has 0 spiro atoms. The molecular weight excluding hydrogens is 467 g/mol. The van der Waals surface area contributed by atoms with Gasteiger partial charge in [0.15, 0.2) is 0 Å². The molecule has 4 aromatic carbocycles. The lowest BCUT2D eigenvalue weighted by molar-refractivity contribution is 0.0697. The summed E-state index contributed by atoms with van der Waals surface area (Å²) in [7, 11) is 0. The fourth-order valence-corrected chi connectivity index (χ4v) is 4.81. The van der Waals surface area contributed by atoms with Crippen molar-refractivity contribution < 1.29 is 23.9 Å². The van der Waals surface area contributed by atoms with Crippen LogP contribution in [0.15, 0.2) is 94.7 Å². The molecule has 0 fully saturated rings. The Morgan fingerprint density at radius 1 is 0.857 bits per heavy atom. The monoisotopic (exact) mass is 484 g/mol. The fraction of sp³-hybridized carbons (Fsp3) is 0. The van der Waals surface area contributed by atoms with Gasteiger partial charge in [-0.3, -0.25) is 9.59 Å². The van der Waals surface area contributed by atoms with Crippen LogP contribution in [0, 0.1) is 5.82 Å². The standard InChI is InChI=1S/C27H17FN2O4S/c28-17-9-11-23-21(14-17)26(32)30-22-13-16(8-10-24(22)35-23)25(31)29-18-5-3-4-15(12-18)19-6-1-2-7-20(19)27(33)34/h1-14H,(H,29,31)(H,30,32)(H,33,34). The SMILES string of the molecule is O=C(Nc1cccc(-c2ccccc2C(=O)O)c1)c1ccc2c(c1)NC(=O)c1cc(F)ccc1S2. The molecule has 35 heavy (non-hydrogen) atoms. The van der Waals surface area contributed by atoms with Gasteiger partial charge in [-0.15, -0.1) is 0 Å². The first-order valence-corrected chi connectivity index (χ1v) is 11.4. The number of rotatable bonds is 4. The lowest BCUT2D eigenvalue weighted by atomic mass is 9.99. The number of hydrogen-bond donors (Lipinski definition) is 3. The molecule has 3 N–H and O–H groups in total. The lowest BCUT2D eigenvalue weighted by Gasteiger charge is -2.11. The van der Waals surface area contributed by atoms with Crippen LogP contribution in [0.25, 0.3) is 11.1 Å². The van der Waals surface area contributed by atoms with Gasteiger partial charge in [-0.05, 0) is 65.7 Å². The highest BCUT2D eigenvalue weighted by molar-refractivity contribution is 7.99. The van der Waals surface area contributed by atoms with Crippen molar-refractivity contribution in [3.8, 4) is 11.1 Å². The first kappa shape index (κ1) is 22.4. The maximum absolute atomic E-state index is 13.6. The highest BCUT2D eigenvalue weighted by Crippen LogP contribution is 2.39. The van der Waals surface area contributed by atoms with E-state index in [1.165, 1.54) is 30.0 Å². The number of carbonyl (C=O) groups excluding carboxylic acids is 2. The first-order valence-electron chi connectivity index (χ1n) is 10.6. The topological polar surface area (TPSA) is 95.5 Å².